The van der Waals surface area contributed by atoms with E-state index >= 15 is 0 Å². The molecular formula is C24H30N8. The third kappa shape index (κ3) is 5.12. The van der Waals surface area contributed by atoms with Crippen LogP contribution in [-0.4, -0.2) is 5.66 Å². The number of benzene rings is 3. The minimum absolute atomic E-state index is 0.506. The van der Waals surface area contributed by atoms with E-state index in [1.54, 1.807) is 18.2 Å². The molecule has 3 aromatic rings. The Labute approximate surface area is 187 Å². The number of nitrogens with two attached hydrogens (primary N) is 8. The zero-order valence-electron chi connectivity index (χ0n) is 17.8. The van der Waals surface area contributed by atoms with Crippen LogP contribution in [0.1, 0.15) is 12.0 Å². The molecule has 1 aliphatic rings. The number of anilines is 5. The molecular weight excluding hydrogens is 400 g/mol. The van der Waals surface area contributed by atoms with Gasteiger partial charge < -0.3 is 45.9 Å². The van der Waals surface area contributed by atoms with Crippen LogP contribution >= 0.6 is 0 Å². The molecule has 16 N–H and O–H groups in total. The zero-order valence-corrected chi connectivity index (χ0v) is 17.8. The van der Waals surface area contributed by atoms with Crippen LogP contribution in [0.15, 0.2) is 78.5 Å². The minimum atomic E-state index is -0.953. The zero-order chi connectivity index (χ0) is 23.5. The fourth-order valence-corrected chi connectivity index (χ4v) is 3.23. The Morgan fingerprint density at radius 1 is 0.531 bits per heavy atom. The number of allylic oxidation sites excluding steroid dienone is 2. The molecule has 0 saturated carbocycles. The SMILES string of the molecule is NC1=CC=C(c2ccc(N)cc2)CC1(N)N.Nc1ccc(-c2ccc(N)c(N)c2)cc1N. The van der Waals surface area contributed by atoms with Crippen LogP contribution in [0.25, 0.3) is 16.7 Å². The van der Waals surface area contributed by atoms with Crippen molar-refractivity contribution < 1.29 is 0 Å². The molecule has 8 heteroatoms. The Bertz CT molecular complexity index is 1130. The van der Waals surface area contributed by atoms with Gasteiger partial charge in [-0.3, -0.25) is 0 Å². The molecule has 0 aromatic heterocycles. The van der Waals surface area contributed by atoms with Gasteiger partial charge in [0.05, 0.1) is 22.7 Å². The van der Waals surface area contributed by atoms with Crippen LogP contribution in [0.3, 0.4) is 0 Å². The molecule has 0 fully saturated rings. The van der Waals surface area contributed by atoms with E-state index in [9.17, 15) is 0 Å². The molecule has 0 saturated heterocycles. The van der Waals surface area contributed by atoms with Gasteiger partial charge in [0.1, 0.15) is 5.66 Å². The summed E-state index contributed by atoms with van der Waals surface area (Å²) in [5, 5.41) is 0. The topological polar surface area (TPSA) is 208 Å². The predicted molar refractivity (Wildman–Crippen MR) is 136 cm³/mol. The summed E-state index contributed by atoms with van der Waals surface area (Å²) in [4.78, 5) is 0. The molecule has 0 bridgehead atoms. The second-order valence-corrected chi connectivity index (χ2v) is 7.84. The third-order valence-electron chi connectivity index (χ3n) is 5.27. The van der Waals surface area contributed by atoms with Crippen molar-refractivity contribution in [3.05, 3.63) is 84.1 Å². The van der Waals surface area contributed by atoms with Gasteiger partial charge in [-0.05, 0) is 64.7 Å². The van der Waals surface area contributed by atoms with Crippen molar-refractivity contribution in [3.63, 3.8) is 0 Å². The van der Waals surface area contributed by atoms with E-state index in [-0.39, 0.29) is 0 Å². The van der Waals surface area contributed by atoms with Crippen LogP contribution in [-0.2, 0) is 0 Å². The van der Waals surface area contributed by atoms with Gasteiger partial charge in [0.2, 0.25) is 0 Å². The Morgan fingerprint density at radius 2 is 1.00 bits per heavy atom. The van der Waals surface area contributed by atoms with Crippen LogP contribution in [0.5, 0.6) is 0 Å². The molecule has 0 spiro atoms. The van der Waals surface area contributed by atoms with Gasteiger partial charge in [0.25, 0.3) is 0 Å². The lowest BCUT2D eigenvalue weighted by atomic mass is 9.89. The van der Waals surface area contributed by atoms with Gasteiger partial charge >= 0.3 is 0 Å². The smallest absolute Gasteiger partial charge is 0.109 e. The normalized spacial score (nSPS) is 14.6. The van der Waals surface area contributed by atoms with Gasteiger partial charge in [-0.15, -0.1) is 0 Å². The van der Waals surface area contributed by atoms with Crippen LogP contribution in [0.4, 0.5) is 28.4 Å². The molecule has 0 atom stereocenters. The summed E-state index contributed by atoms with van der Waals surface area (Å²) in [6, 6.07) is 18.6. The van der Waals surface area contributed by atoms with E-state index in [1.807, 2.05) is 54.6 Å². The number of rotatable bonds is 2. The molecule has 0 unspecified atom stereocenters. The quantitative estimate of drug-likeness (QED) is 0.222. The molecule has 0 heterocycles. The van der Waals surface area contributed by atoms with Crippen LogP contribution < -0.4 is 45.9 Å². The monoisotopic (exact) mass is 430 g/mol. The summed E-state index contributed by atoms with van der Waals surface area (Å²) < 4.78 is 0. The number of nitrogen functional groups attached to an aromatic ring is 5. The molecule has 166 valence electrons. The van der Waals surface area contributed by atoms with E-state index in [4.69, 9.17) is 45.9 Å². The maximum absolute atomic E-state index is 5.90. The summed E-state index contributed by atoms with van der Waals surface area (Å²) in [6.45, 7) is 0. The van der Waals surface area contributed by atoms with Crippen molar-refractivity contribution in [3.8, 4) is 11.1 Å². The fourth-order valence-electron chi connectivity index (χ4n) is 3.23. The molecule has 4 rings (SSSR count). The third-order valence-corrected chi connectivity index (χ3v) is 5.27. The summed E-state index contributed by atoms with van der Waals surface area (Å²) in [6.07, 6.45) is 4.23. The summed E-state index contributed by atoms with van der Waals surface area (Å²) in [5.74, 6) is 0. The molecule has 32 heavy (non-hydrogen) atoms. The van der Waals surface area contributed by atoms with E-state index in [2.05, 4.69) is 0 Å². The molecule has 3 aromatic carbocycles. The van der Waals surface area contributed by atoms with Gasteiger partial charge in [-0.25, -0.2) is 0 Å². The second-order valence-electron chi connectivity index (χ2n) is 7.84. The fraction of sp³-hybridized carbons (Fsp3) is 0.0833. The van der Waals surface area contributed by atoms with Crippen molar-refractivity contribution in [1.29, 1.82) is 0 Å². The second kappa shape index (κ2) is 8.93. The molecule has 8 nitrogen and oxygen atoms in total. The average Bonchev–Trinajstić information content (AvgIpc) is 2.75. The summed E-state index contributed by atoms with van der Waals surface area (Å²) in [7, 11) is 0. The first-order valence-corrected chi connectivity index (χ1v) is 9.97. The Kier molecular flexibility index (Phi) is 6.29. The number of hydrogen-bond acceptors (Lipinski definition) is 8. The summed E-state index contributed by atoms with van der Waals surface area (Å²) in [5.41, 5.74) is 52.6. The lowest BCUT2D eigenvalue weighted by molar-refractivity contribution is 0.523. The largest absolute Gasteiger partial charge is 0.399 e. The Balaban J connectivity index is 0.000000181. The maximum atomic E-state index is 5.90. The maximum Gasteiger partial charge on any atom is 0.109 e. The van der Waals surface area contributed by atoms with E-state index in [0.29, 0.717) is 34.9 Å². The van der Waals surface area contributed by atoms with Crippen molar-refractivity contribution in [2.24, 2.45) is 17.2 Å². The van der Waals surface area contributed by atoms with Crippen LogP contribution in [0.2, 0.25) is 0 Å². The van der Waals surface area contributed by atoms with Gasteiger partial charge in [0, 0.05) is 17.8 Å². The van der Waals surface area contributed by atoms with Crippen molar-refractivity contribution in [2.75, 3.05) is 28.7 Å². The lowest BCUT2D eigenvalue weighted by Crippen LogP contribution is -2.54. The molecule has 0 amide bonds. The van der Waals surface area contributed by atoms with E-state index < -0.39 is 5.66 Å². The molecule has 0 radical (unpaired) electrons. The molecule has 0 aliphatic heterocycles. The highest BCUT2D eigenvalue weighted by Crippen LogP contribution is 2.29. The first-order valence-electron chi connectivity index (χ1n) is 9.97. The standard InChI is InChI=1S/C12H16N4.C12H14N4/c13-10-4-1-8(2-5-10)9-3-6-11(14)12(15,16)7-9;13-9-3-1-7(5-11(9)15)8-2-4-10(14)12(16)6-8/h1-6H,7,13-16H2;1-6H,13-16H2. The Morgan fingerprint density at radius 3 is 1.44 bits per heavy atom. The highest BCUT2D eigenvalue weighted by atomic mass is 15.0. The lowest BCUT2D eigenvalue weighted by Gasteiger charge is -2.29. The molecule has 1 aliphatic carbocycles. The van der Waals surface area contributed by atoms with E-state index in [0.717, 1.165) is 28.0 Å². The van der Waals surface area contributed by atoms with Crippen molar-refractivity contribution >= 4 is 34.0 Å². The van der Waals surface area contributed by atoms with Gasteiger partial charge in [-0.2, -0.15) is 0 Å². The van der Waals surface area contributed by atoms with Gasteiger partial charge in [-0.1, -0.05) is 30.3 Å². The highest BCUT2D eigenvalue weighted by molar-refractivity contribution is 5.79. The van der Waals surface area contributed by atoms with Crippen molar-refractivity contribution in [1.82, 2.24) is 0 Å². The first kappa shape index (κ1) is 22.5. The predicted octanol–water partition coefficient (Wildman–Crippen LogP) is 2.19. The Hall–Kier alpha value is -4.14. The highest BCUT2D eigenvalue weighted by Gasteiger charge is 2.26. The number of hydrogen-bond donors (Lipinski definition) is 8. The van der Waals surface area contributed by atoms with Crippen molar-refractivity contribution in [2.45, 2.75) is 12.1 Å². The van der Waals surface area contributed by atoms with Gasteiger partial charge in [0.15, 0.2) is 0 Å². The minimum Gasteiger partial charge on any atom is -0.399 e. The van der Waals surface area contributed by atoms with Crippen LogP contribution in [0, 0.1) is 0 Å². The average molecular weight is 431 g/mol. The first-order chi connectivity index (χ1) is 15.1. The summed E-state index contributed by atoms with van der Waals surface area (Å²) >= 11 is 0. The van der Waals surface area contributed by atoms with E-state index in [1.165, 1.54) is 0 Å².